The highest BCUT2D eigenvalue weighted by molar-refractivity contribution is 4.41. The molecular weight excluding hydrogens is 122 g/mol. The first kappa shape index (κ1) is 9.96. The van der Waals surface area contributed by atoms with Gasteiger partial charge in [-0.3, -0.25) is 0 Å². The summed E-state index contributed by atoms with van der Waals surface area (Å²) in [7, 11) is 0. The van der Waals surface area contributed by atoms with E-state index in [0.29, 0.717) is 0 Å². The van der Waals surface area contributed by atoms with Crippen LogP contribution in [0, 0.1) is 0 Å². The molecule has 0 aromatic carbocycles. The minimum atomic E-state index is 0.852. The van der Waals surface area contributed by atoms with Crippen molar-refractivity contribution in [3.8, 4) is 0 Å². The molecule has 2 unspecified atom stereocenters. The third-order valence-corrected chi connectivity index (χ3v) is 2.33. The van der Waals surface area contributed by atoms with Crippen molar-refractivity contribution in [2.45, 2.75) is 46.6 Å². The molecule has 0 aromatic rings. The smallest absolute Gasteiger partial charge is 0.0843 e. The van der Waals surface area contributed by atoms with Gasteiger partial charge >= 0.3 is 0 Å². The van der Waals surface area contributed by atoms with Crippen LogP contribution in [0.25, 0.3) is 0 Å². The standard InChI is InChI=1S/C9H21N/c1-5-8-10(7-3)9(4)6-2/h9H,5-8H2,1-4H3/p+1. The molecule has 1 heteroatoms. The number of hydrogen-bond acceptors (Lipinski definition) is 0. The fraction of sp³-hybridized carbons (Fsp3) is 1.00. The minimum absolute atomic E-state index is 0.852. The number of rotatable bonds is 5. The van der Waals surface area contributed by atoms with E-state index < -0.39 is 0 Å². The summed E-state index contributed by atoms with van der Waals surface area (Å²) in [6, 6.07) is 0.852. The Morgan fingerprint density at radius 2 is 1.80 bits per heavy atom. The third kappa shape index (κ3) is 3.21. The molecule has 0 bridgehead atoms. The lowest BCUT2D eigenvalue weighted by Gasteiger charge is -2.22. The normalized spacial score (nSPS) is 16.8. The van der Waals surface area contributed by atoms with Gasteiger partial charge in [0.2, 0.25) is 0 Å². The van der Waals surface area contributed by atoms with Crippen LogP contribution in [0.5, 0.6) is 0 Å². The van der Waals surface area contributed by atoms with Crippen molar-refractivity contribution in [2.75, 3.05) is 13.1 Å². The molecule has 0 aromatic heterocycles. The molecule has 0 fully saturated rings. The topological polar surface area (TPSA) is 4.44 Å². The summed E-state index contributed by atoms with van der Waals surface area (Å²) in [6.45, 7) is 11.8. The summed E-state index contributed by atoms with van der Waals surface area (Å²) in [5, 5.41) is 0. The molecule has 0 aliphatic carbocycles. The van der Waals surface area contributed by atoms with Crippen molar-refractivity contribution < 1.29 is 4.90 Å². The van der Waals surface area contributed by atoms with Crippen LogP contribution in [0.15, 0.2) is 0 Å². The third-order valence-electron chi connectivity index (χ3n) is 2.33. The average molecular weight is 144 g/mol. The fourth-order valence-corrected chi connectivity index (χ4v) is 1.38. The van der Waals surface area contributed by atoms with Gasteiger partial charge in [0.25, 0.3) is 0 Å². The summed E-state index contributed by atoms with van der Waals surface area (Å²) < 4.78 is 0. The van der Waals surface area contributed by atoms with Crippen LogP contribution >= 0.6 is 0 Å². The van der Waals surface area contributed by atoms with E-state index in [0.717, 1.165) is 6.04 Å². The molecule has 2 atom stereocenters. The van der Waals surface area contributed by atoms with Gasteiger partial charge in [-0.1, -0.05) is 13.8 Å². The summed E-state index contributed by atoms with van der Waals surface area (Å²) in [4.78, 5) is 1.75. The Morgan fingerprint density at radius 3 is 2.10 bits per heavy atom. The summed E-state index contributed by atoms with van der Waals surface area (Å²) >= 11 is 0. The first-order valence-corrected chi connectivity index (χ1v) is 4.60. The minimum Gasteiger partial charge on any atom is -0.333 e. The van der Waals surface area contributed by atoms with Gasteiger partial charge in [-0.25, -0.2) is 0 Å². The highest BCUT2D eigenvalue weighted by Crippen LogP contribution is 1.81. The van der Waals surface area contributed by atoms with Gasteiger partial charge in [-0.2, -0.15) is 0 Å². The second-order valence-electron chi connectivity index (χ2n) is 3.07. The van der Waals surface area contributed by atoms with E-state index in [1.807, 2.05) is 0 Å². The Bertz CT molecular complexity index is 71.1. The molecule has 0 saturated heterocycles. The molecule has 1 N–H and O–H groups in total. The van der Waals surface area contributed by atoms with Gasteiger partial charge in [0.15, 0.2) is 0 Å². The molecule has 1 nitrogen and oxygen atoms in total. The second kappa shape index (κ2) is 5.72. The average Bonchev–Trinajstić information content (AvgIpc) is 1.99. The van der Waals surface area contributed by atoms with Crippen molar-refractivity contribution in [2.24, 2.45) is 0 Å². The molecule has 0 rings (SSSR count). The van der Waals surface area contributed by atoms with Crippen LogP contribution in [0.3, 0.4) is 0 Å². The Kier molecular flexibility index (Phi) is 5.70. The van der Waals surface area contributed by atoms with E-state index in [1.165, 1.54) is 25.9 Å². The van der Waals surface area contributed by atoms with Crippen molar-refractivity contribution >= 4 is 0 Å². The van der Waals surface area contributed by atoms with Crippen LogP contribution in [0.2, 0.25) is 0 Å². The molecule has 0 radical (unpaired) electrons. The summed E-state index contributed by atoms with van der Waals surface area (Å²) in [6.07, 6.45) is 2.62. The second-order valence-corrected chi connectivity index (χ2v) is 3.07. The molecular formula is C9H22N+. The SMILES string of the molecule is CCC[NH+](CC)C(C)CC. The maximum Gasteiger partial charge on any atom is 0.0843 e. The molecule has 0 saturated carbocycles. The van der Waals surface area contributed by atoms with Crippen LogP contribution in [-0.4, -0.2) is 19.1 Å². The Balaban J connectivity index is 3.56. The highest BCUT2D eigenvalue weighted by Gasteiger charge is 2.10. The maximum absolute atomic E-state index is 2.34. The summed E-state index contributed by atoms with van der Waals surface area (Å²) in [5.41, 5.74) is 0. The van der Waals surface area contributed by atoms with Crippen molar-refractivity contribution in [1.29, 1.82) is 0 Å². The van der Waals surface area contributed by atoms with Crippen molar-refractivity contribution in [1.82, 2.24) is 0 Å². The van der Waals surface area contributed by atoms with Crippen LogP contribution in [-0.2, 0) is 0 Å². The lowest BCUT2D eigenvalue weighted by Crippen LogP contribution is -3.15. The van der Waals surface area contributed by atoms with E-state index in [9.17, 15) is 0 Å². The van der Waals surface area contributed by atoms with Gasteiger partial charge in [0.05, 0.1) is 19.1 Å². The van der Waals surface area contributed by atoms with E-state index in [2.05, 4.69) is 27.7 Å². The van der Waals surface area contributed by atoms with Gasteiger partial charge in [-0.15, -0.1) is 0 Å². The zero-order valence-electron chi connectivity index (χ0n) is 7.91. The van der Waals surface area contributed by atoms with E-state index >= 15 is 0 Å². The lowest BCUT2D eigenvalue weighted by atomic mass is 10.2. The predicted octanol–water partition coefficient (Wildman–Crippen LogP) is 1.10. The first-order valence-electron chi connectivity index (χ1n) is 4.60. The predicted molar refractivity (Wildman–Crippen MR) is 46.4 cm³/mol. The van der Waals surface area contributed by atoms with Crippen LogP contribution in [0.4, 0.5) is 0 Å². The number of hydrogen-bond donors (Lipinski definition) is 1. The van der Waals surface area contributed by atoms with E-state index in [-0.39, 0.29) is 0 Å². The first-order chi connectivity index (χ1) is 4.76. The molecule has 0 amide bonds. The number of nitrogens with one attached hydrogen (secondary N) is 1. The van der Waals surface area contributed by atoms with Crippen LogP contribution in [0.1, 0.15) is 40.5 Å². The highest BCUT2D eigenvalue weighted by atomic mass is 15.1. The van der Waals surface area contributed by atoms with E-state index in [1.54, 1.807) is 4.90 Å². The van der Waals surface area contributed by atoms with Gasteiger partial charge in [0, 0.05) is 0 Å². The monoisotopic (exact) mass is 144 g/mol. The largest absolute Gasteiger partial charge is 0.333 e. The van der Waals surface area contributed by atoms with Gasteiger partial charge in [-0.05, 0) is 26.7 Å². The zero-order chi connectivity index (χ0) is 7.98. The Hall–Kier alpha value is -0.0400. The maximum atomic E-state index is 2.34. The zero-order valence-corrected chi connectivity index (χ0v) is 7.91. The fourth-order valence-electron chi connectivity index (χ4n) is 1.38. The van der Waals surface area contributed by atoms with Gasteiger partial charge in [0.1, 0.15) is 0 Å². The molecule has 10 heavy (non-hydrogen) atoms. The van der Waals surface area contributed by atoms with Crippen molar-refractivity contribution in [3.05, 3.63) is 0 Å². The molecule has 0 heterocycles. The van der Waals surface area contributed by atoms with Crippen molar-refractivity contribution in [3.63, 3.8) is 0 Å². The molecule has 62 valence electrons. The Labute approximate surface area is 65.4 Å². The Morgan fingerprint density at radius 1 is 1.20 bits per heavy atom. The quantitative estimate of drug-likeness (QED) is 0.589. The molecule has 0 spiro atoms. The lowest BCUT2D eigenvalue weighted by molar-refractivity contribution is -0.922. The summed E-state index contributed by atoms with van der Waals surface area (Å²) in [5.74, 6) is 0. The molecule has 0 aliphatic rings. The van der Waals surface area contributed by atoms with Crippen LogP contribution < -0.4 is 4.90 Å². The molecule has 0 aliphatic heterocycles. The van der Waals surface area contributed by atoms with Gasteiger partial charge < -0.3 is 4.90 Å². The number of quaternary nitrogens is 1. The van der Waals surface area contributed by atoms with E-state index in [4.69, 9.17) is 0 Å².